The van der Waals surface area contributed by atoms with Crippen LogP contribution in [0.25, 0.3) is 0 Å². The largest absolute Gasteiger partial charge is 0.308 e. The molecule has 66 valence electrons. The second-order valence-corrected chi connectivity index (χ2v) is 3.70. The molecule has 1 rings (SSSR count). The van der Waals surface area contributed by atoms with Gasteiger partial charge in [0.05, 0.1) is 11.4 Å². The summed E-state index contributed by atoms with van der Waals surface area (Å²) in [6, 6.07) is 0. The molecular formula is C6H7FN2O2S. The maximum atomic E-state index is 12.1. The minimum atomic E-state index is -4.49. The van der Waals surface area contributed by atoms with Crippen LogP contribution in [-0.2, 0) is 16.0 Å². The molecule has 0 saturated carbocycles. The maximum Gasteiger partial charge on any atom is 0.308 e. The summed E-state index contributed by atoms with van der Waals surface area (Å²) < 4.78 is 32.4. The molecule has 6 heteroatoms. The van der Waals surface area contributed by atoms with Crippen LogP contribution in [0.2, 0.25) is 0 Å². The fourth-order valence-electron chi connectivity index (χ4n) is 0.670. The van der Waals surface area contributed by atoms with Gasteiger partial charge in [0.1, 0.15) is 5.75 Å². The first-order chi connectivity index (χ1) is 5.47. The van der Waals surface area contributed by atoms with Crippen molar-refractivity contribution in [2.24, 2.45) is 0 Å². The molecule has 12 heavy (non-hydrogen) atoms. The zero-order valence-electron chi connectivity index (χ0n) is 6.36. The predicted molar refractivity (Wildman–Crippen MR) is 40.5 cm³/mol. The van der Waals surface area contributed by atoms with Crippen molar-refractivity contribution in [2.45, 2.75) is 12.7 Å². The van der Waals surface area contributed by atoms with Gasteiger partial charge in [0.2, 0.25) is 0 Å². The molecule has 0 unspecified atom stereocenters. The lowest BCUT2D eigenvalue weighted by atomic mass is 10.4. The van der Waals surface area contributed by atoms with Gasteiger partial charge in [-0.25, -0.2) is 0 Å². The van der Waals surface area contributed by atoms with Gasteiger partial charge in [-0.1, -0.05) is 0 Å². The Kier molecular flexibility index (Phi) is 2.37. The molecule has 0 aromatic carbocycles. The first-order valence-electron chi connectivity index (χ1n) is 3.17. The van der Waals surface area contributed by atoms with Crippen LogP contribution < -0.4 is 0 Å². The van der Waals surface area contributed by atoms with Gasteiger partial charge in [0.25, 0.3) is 0 Å². The van der Waals surface area contributed by atoms with Gasteiger partial charge in [0.15, 0.2) is 0 Å². The molecule has 1 heterocycles. The van der Waals surface area contributed by atoms with E-state index in [9.17, 15) is 12.3 Å². The first-order valence-corrected chi connectivity index (χ1v) is 4.72. The van der Waals surface area contributed by atoms with E-state index in [1.165, 1.54) is 12.4 Å². The van der Waals surface area contributed by atoms with Crippen LogP contribution in [0.4, 0.5) is 3.89 Å². The molecule has 0 bridgehead atoms. The molecule has 0 aliphatic carbocycles. The van der Waals surface area contributed by atoms with E-state index in [0.29, 0.717) is 5.69 Å². The molecule has 0 saturated heterocycles. The molecule has 0 atom stereocenters. The topological polar surface area (TPSA) is 59.9 Å². The van der Waals surface area contributed by atoms with Crippen molar-refractivity contribution in [3.05, 3.63) is 23.8 Å². The summed E-state index contributed by atoms with van der Waals surface area (Å²) in [5, 5.41) is 0. The van der Waals surface area contributed by atoms with Crippen LogP contribution in [0.1, 0.15) is 11.4 Å². The first kappa shape index (κ1) is 9.05. The second kappa shape index (κ2) is 3.14. The van der Waals surface area contributed by atoms with Gasteiger partial charge in [-0.15, -0.1) is 3.89 Å². The Bertz CT molecular complexity index is 360. The van der Waals surface area contributed by atoms with Crippen molar-refractivity contribution in [3.63, 3.8) is 0 Å². The smallest absolute Gasteiger partial charge is 0.258 e. The van der Waals surface area contributed by atoms with Crippen LogP contribution in [-0.4, -0.2) is 18.4 Å². The van der Waals surface area contributed by atoms with Gasteiger partial charge in [-0.2, -0.15) is 8.42 Å². The Balaban J connectivity index is 2.85. The zero-order chi connectivity index (χ0) is 9.19. The highest BCUT2D eigenvalue weighted by Gasteiger charge is 2.09. The summed E-state index contributed by atoms with van der Waals surface area (Å²) in [5.74, 6) is -0.708. The number of hydrogen-bond acceptors (Lipinski definition) is 4. The molecule has 0 spiro atoms. The monoisotopic (exact) mass is 190 g/mol. The molecule has 0 N–H and O–H groups in total. The summed E-state index contributed by atoms with van der Waals surface area (Å²) in [6.07, 6.45) is 2.63. The summed E-state index contributed by atoms with van der Waals surface area (Å²) in [6.45, 7) is 1.71. The van der Waals surface area contributed by atoms with Gasteiger partial charge in [-0.3, -0.25) is 9.97 Å². The molecule has 0 aliphatic rings. The molecule has 1 aromatic heterocycles. The quantitative estimate of drug-likeness (QED) is 0.640. The van der Waals surface area contributed by atoms with E-state index in [1.54, 1.807) is 6.92 Å². The van der Waals surface area contributed by atoms with Gasteiger partial charge in [0, 0.05) is 12.4 Å². The third-order valence-electron chi connectivity index (χ3n) is 1.15. The van der Waals surface area contributed by atoms with E-state index >= 15 is 0 Å². The van der Waals surface area contributed by atoms with Gasteiger partial charge < -0.3 is 0 Å². The molecule has 0 amide bonds. The van der Waals surface area contributed by atoms with Crippen molar-refractivity contribution in [1.82, 2.24) is 9.97 Å². The second-order valence-electron chi connectivity index (χ2n) is 2.33. The lowest BCUT2D eigenvalue weighted by molar-refractivity contribution is 0.550. The normalized spacial score (nSPS) is 11.5. The van der Waals surface area contributed by atoms with Crippen LogP contribution in [0.15, 0.2) is 12.4 Å². The maximum absolute atomic E-state index is 12.1. The third kappa shape index (κ3) is 2.91. The lowest BCUT2D eigenvalue weighted by Gasteiger charge is -1.95. The van der Waals surface area contributed by atoms with Crippen molar-refractivity contribution in [1.29, 1.82) is 0 Å². The average molecular weight is 190 g/mol. The van der Waals surface area contributed by atoms with E-state index in [-0.39, 0.29) is 5.69 Å². The van der Waals surface area contributed by atoms with Crippen LogP contribution in [0.5, 0.6) is 0 Å². The highest BCUT2D eigenvalue weighted by Crippen LogP contribution is 2.02. The van der Waals surface area contributed by atoms with Crippen molar-refractivity contribution < 1.29 is 12.3 Å². The minimum absolute atomic E-state index is 0.114. The molecule has 0 fully saturated rings. The van der Waals surface area contributed by atoms with Crippen molar-refractivity contribution in [2.75, 3.05) is 0 Å². The molecular weight excluding hydrogens is 183 g/mol. The van der Waals surface area contributed by atoms with Gasteiger partial charge >= 0.3 is 10.2 Å². The molecule has 4 nitrogen and oxygen atoms in total. The average Bonchev–Trinajstić information content (AvgIpc) is 1.91. The van der Waals surface area contributed by atoms with E-state index < -0.39 is 16.0 Å². The molecule has 1 aromatic rings. The summed E-state index contributed by atoms with van der Waals surface area (Å²) in [4.78, 5) is 7.45. The summed E-state index contributed by atoms with van der Waals surface area (Å²) in [7, 11) is -4.49. The number of aryl methyl sites for hydroxylation is 1. The van der Waals surface area contributed by atoms with Crippen LogP contribution in [0, 0.1) is 6.92 Å². The molecule has 0 aliphatic heterocycles. The predicted octanol–water partition coefficient (Wildman–Crippen LogP) is 0.584. The lowest BCUT2D eigenvalue weighted by Crippen LogP contribution is -1.99. The van der Waals surface area contributed by atoms with E-state index in [1.807, 2.05) is 0 Å². The Morgan fingerprint density at radius 3 is 2.50 bits per heavy atom. The Morgan fingerprint density at radius 2 is 2.08 bits per heavy atom. The number of halogens is 1. The van der Waals surface area contributed by atoms with Crippen molar-refractivity contribution >= 4 is 10.2 Å². The van der Waals surface area contributed by atoms with E-state index in [0.717, 1.165) is 0 Å². The summed E-state index contributed by atoms with van der Waals surface area (Å²) >= 11 is 0. The number of rotatable bonds is 2. The standard InChI is InChI=1S/C6H7FN2O2S/c1-5-2-9-6(3-8-5)4-12(7,10)11/h2-3H,4H2,1H3. The van der Waals surface area contributed by atoms with E-state index in [4.69, 9.17) is 0 Å². The van der Waals surface area contributed by atoms with Crippen molar-refractivity contribution in [3.8, 4) is 0 Å². The van der Waals surface area contributed by atoms with Crippen LogP contribution >= 0.6 is 0 Å². The molecule has 0 radical (unpaired) electrons. The van der Waals surface area contributed by atoms with Gasteiger partial charge in [-0.05, 0) is 6.92 Å². The number of aromatic nitrogens is 2. The minimum Gasteiger partial charge on any atom is -0.258 e. The van der Waals surface area contributed by atoms with Crippen LogP contribution in [0.3, 0.4) is 0 Å². The Hall–Kier alpha value is -1.04. The summed E-state index contributed by atoms with van der Waals surface area (Å²) in [5.41, 5.74) is 0.776. The zero-order valence-corrected chi connectivity index (χ0v) is 7.18. The SMILES string of the molecule is Cc1cnc(CS(=O)(=O)F)cn1. The number of hydrogen-bond donors (Lipinski definition) is 0. The highest BCUT2D eigenvalue weighted by atomic mass is 32.3. The highest BCUT2D eigenvalue weighted by molar-refractivity contribution is 7.85. The number of nitrogens with zero attached hydrogens (tertiary/aromatic N) is 2. The fourth-order valence-corrected chi connectivity index (χ4v) is 1.17. The Labute approximate surface area is 69.7 Å². The fraction of sp³-hybridized carbons (Fsp3) is 0.333. The van der Waals surface area contributed by atoms with E-state index in [2.05, 4.69) is 9.97 Å². The third-order valence-corrected chi connectivity index (χ3v) is 1.80. The Morgan fingerprint density at radius 1 is 1.42 bits per heavy atom.